The maximum Gasteiger partial charge on any atom is 0.346 e. The number of hydrogen-bond acceptors (Lipinski definition) is 4. The summed E-state index contributed by atoms with van der Waals surface area (Å²) in [7, 11) is 0. The lowest BCUT2D eigenvalue weighted by atomic mass is 10.3. The number of aryl methyl sites for hydroxylation is 1. The first kappa shape index (κ1) is 14.4. The van der Waals surface area contributed by atoms with Gasteiger partial charge in [0.15, 0.2) is 6.29 Å². The predicted molar refractivity (Wildman–Crippen MR) is 65.2 cm³/mol. The third-order valence-electron chi connectivity index (χ3n) is 1.72. The lowest BCUT2D eigenvalue weighted by Gasteiger charge is -2.22. The van der Waals surface area contributed by atoms with Gasteiger partial charge in [0, 0.05) is 5.56 Å². The molecule has 0 spiro atoms. The van der Waals surface area contributed by atoms with Crippen molar-refractivity contribution in [3.05, 3.63) is 11.8 Å². The first-order chi connectivity index (χ1) is 7.68. The summed E-state index contributed by atoms with van der Waals surface area (Å²) in [6.07, 6.45) is 1.08. The maximum absolute atomic E-state index is 11.2. The Morgan fingerprint density at radius 1 is 1.31 bits per heavy atom. The zero-order valence-corrected chi connectivity index (χ0v) is 10.5. The van der Waals surface area contributed by atoms with E-state index in [2.05, 4.69) is 15.7 Å². The van der Waals surface area contributed by atoms with E-state index in [-0.39, 0.29) is 6.03 Å². The molecule has 1 aliphatic rings. The van der Waals surface area contributed by atoms with Crippen LogP contribution in [0.1, 0.15) is 33.3 Å². The van der Waals surface area contributed by atoms with Gasteiger partial charge in [0.05, 0.1) is 6.20 Å². The van der Waals surface area contributed by atoms with E-state index in [0.29, 0.717) is 5.82 Å². The number of nitrogens with one attached hydrogen (secondary N) is 2. The number of fused-ring (bicyclic) bond motifs is 1. The van der Waals surface area contributed by atoms with Gasteiger partial charge in [-0.25, -0.2) is 4.79 Å². The Morgan fingerprint density at radius 2 is 1.88 bits per heavy atom. The zero-order valence-electron chi connectivity index (χ0n) is 10.5. The van der Waals surface area contributed by atoms with Gasteiger partial charge in [0.2, 0.25) is 0 Å². The molecule has 1 unspecified atom stereocenters. The summed E-state index contributed by atoms with van der Waals surface area (Å²) < 4.78 is 1.25. The van der Waals surface area contributed by atoms with Crippen molar-refractivity contribution in [3.8, 4) is 0 Å². The molecule has 0 fully saturated rings. The van der Waals surface area contributed by atoms with Crippen molar-refractivity contribution in [1.29, 1.82) is 0 Å². The number of nitrogens with two attached hydrogens (primary N) is 1. The van der Waals surface area contributed by atoms with E-state index in [4.69, 9.17) is 5.73 Å². The number of hydrogen-bond donors (Lipinski definition) is 3. The molecule has 4 N–H and O–H groups in total. The van der Waals surface area contributed by atoms with Crippen LogP contribution in [0.4, 0.5) is 10.6 Å². The van der Waals surface area contributed by atoms with Crippen molar-refractivity contribution in [2.24, 2.45) is 5.73 Å². The molecule has 0 saturated carbocycles. The van der Waals surface area contributed by atoms with Crippen LogP contribution in [-0.4, -0.2) is 22.1 Å². The summed E-state index contributed by atoms with van der Waals surface area (Å²) in [6.45, 7) is 9.86. The highest BCUT2D eigenvalue weighted by Crippen LogP contribution is 2.15. The summed E-state index contributed by atoms with van der Waals surface area (Å²) in [5.74, 6) is 0.659. The van der Waals surface area contributed by atoms with E-state index in [0.717, 1.165) is 5.56 Å². The Morgan fingerprint density at radius 3 is 2.44 bits per heavy atom. The van der Waals surface area contributed by atoms with E-state index in [1.165, 1.54) is 4.68 Å². The number of nitrogens with zero attached hydrogens (tertiary/aromatic N) is 2. The minimum absolute atomic E-state index is 0.302. The van der Waals surface area contributed by atoms with Crippen LogP contribution in [0.25, 0.3) is 0 Å². The molecule has 0 saturated heterocycles. The molecule has 1 amide bonds. The van der Waals surface area contributed by atoms with Crippen molar-refractivity contribution < 1.29 is 4.79 Å². The van der Waals surface area contributed by atoms with Gasteiger partial charge in [0.1, 0.15) is 5.82 Å². The molecule has 2 rings (SSSR count). The topological polar surface area (TPSA) is 85.0 Å². The van der Waals surface area contributed by atoms with Gasteiger partial charge in [-0.2, -0.15) is 9.78 Å². The molecule has 92 valence electrons. The number of rotatable bonds is 0. The number of carbonyl (C=O) groups excluding carboxylic acids is 1. The first-order valence-corrected chi connectivity index (χ1v) is 5.56. The van der Waals surface area contributed by atoms with E-state index in [1.54, 1.807) is 6.20 Å². The number of anilines is 1. The Hall–Kier alpha value is -1.56. The molecule has 1 aromatic heterocycles. The SMILES string of the molecule is CC.CC.Cc1cnn2c1NC(N)NC2=O. The normalized spacial score (nSPS) is 16.6. The van der Waals surface area contributed by atoms with Crippen molar-refractivity contribution in [1.82, 2.24) is 15.1 Å². The van der Waals surface area contributed by atoms with Crippen LogP contribution in [0.5, 0.6) is 0 Å². The van der Waals surface area contributed by atoms with Crippen LogP contribution in [-0.2, 0) is 0 Å². The molecule has 0 bridgehead atoms. The molecular weight excluding hydrogens is 206 g/mol. The van der Waals surface area contributed by atoms with Gasteiger partial charge in [-0.3, -0.25) is 5.73 Å². The van der Waals surface area contributed by atoms with Crippen LogP contribution in [0.2, 0.25) is 0 Å². The largest absolute Gasteiger partial charge is 0.346 e. The minimum atomic E-state index is -0.527. The summed E-state index contributed by atoms with van der Waals surface area (Å²) in [5.41, 5.74) is 6.39. The Kier molecular flexibility index (Phi) is 6.17. The fraction of sp³-hybridized carbons (Fsp3) is 0.600. The van der Waals surface area contributed by atoms with Gasteiger partial charge < -0.3 is 10.6 Å². The summed E-state index contributed by atoms with van der Waals surface area (Å²) >= 11 is 0. The van der Waals surface area contributed by atoms with Crippen molar-refractivity contribution >= 4 is 11.8 Å². The van der Waals surface area contributed by atoms with Gasteiger partial charge >= 0.3 is 6.03 Å². The average molecular weight is 227 g/mol. The van der Waals surface area contributed by atoms with E-state index >= 15 is 0 Å². The van der Waals surface area contributed by atoms with Crippen LogP contribution in [0, 0.1) is 6.92 Å². The highest BCUT2D eigenvalue weighted by Gasteiger charge is 2.22. The molecular formula is C10H21N5O. The number of aromatic nitrogens is 2. The summed E-state index contributed by atoms with van der Waals surface area (Å²) in [5, 5.41) is 9.22. The second-order valence-corrected chi connectivity index (χ2v) is 2.66. The molecule has 16 heavy (non-hydrogen) atoms. The zero-order chi connectivity index (χ0) is 12.7. The monoisotopic (exact) mass is 227 g/mol. The fourth-order valence-corrected chi connectivity index (χ4v) is 1.14. The smallest absolute Gasteiger partial charge is 0.337 e. The fourth-order valence-electron chi connectivity index (χ4n) is 1.14. The second-order valence-electron chi connectivity index (χ2n) is 2.66. The predicted octanol–water partition coefficient (Wildman–Crippen LogP) is 1.47. The lowest BCUT2D eigenvalue weighted by Crippen LogP contribution is -2.53. The van der Waals surface area contributed by atoms with E-state index in [9.17, 15) is 4.79 Å². The van der Waals surface area contributed by atoms with Gasteiger partial charge in [0.25, 0.3) is 0 Å². The van der Waals surface area contributed by atoms with Gasteiger partial charge in [-0.15, -0.1) is 0 Å². The summed E-state index contributed by atoms with van der Waals surface area (Å²) in [4.78, 5) is 11.2. The number of carbonyl (C=O) groups is 1. The van der Waals surface area contributed by atoms with Gasteiger partial charge in [-0.05, 0) is 6.92 Å². The van der Waals surface area contributed by atoms with Crippen molar-refractivity contribution in [2.45, 2.75) is 40.9 Å². The highest BCUT2D eigenvalue weighted by molar-refractivity contribution is 5.82. The molecule has 1 aromatic rings. The molecule has 6 nitrogen and oxygen atoms in total. The molecule has 0 aromatic carbocycles. The summed E-state index contributed by atoms with van der Waals surface area (Å²) in [6, 6.07) is -0.302. The van der Waals surface area contributed by atoms with Gasteiger partial charge in [-0.1, -0.05) is 27.7 Å². The van der Waals surface area contributed by atoms with E-state index in [1.807, 2.05) is 34.6 Å². The molecule has 2 heterocycles. The molecule has 0 radical (unpaired) electrons. The van der Waals surface area contributed by atoms with Crippen LogP contribution >= 0.6 is 0 Å². The standard InChI is InChI=1S/C6H9N5O.2C2H6/c1-3-2-8-11-4(3)9-5(7)10-6(11)12;2*1-2/h2,5,9H,7H2,1H3,(H,10,12);2*1-2H3. The first-order valence-electron chi connectivity index (χ1n) is 5.56. The minimum Gasteiger partial charge on any atom is -0.337 e. The quantitative estimate of drug-likeness (QED) is 0.626. The third-order valence-corrected chi connectivity index (χ3v) is 1.72. The van der Waals surface area contributed by atoms with E-state index < -0.39 is 6.29 Å². The second kappa shape index (κ2) is 6.84. The Labute approximate surface area is 96.2 Å². The van der Waals surface area contributed by atoms with Crippen LogP contribution in [0.15, 0.2) is 6.20 Å². The molecule has 6 heteroatoms. The average Bonchev–Trinajstić information content (AvgIpc) is 2.67. The molecule has 1 aliphatic heterocycles. The van der Waals surface area contributed by atoms with Crippen molar-refractivity contribution in [3.63, 3.8) is 0 Å². The van der Waals surface area contributed by atoms with Crippen LogP contribution in [0.3, 0.4) is 0 Å². The Bertz CT molecular complexity index is 334. The third kappa shape index (κ3) is 2.96. The molecule has 0 aliphatic carbocycles. The van der Waals surface area contributed by atoms with Crippen molar-refractivity contribution in [2.75, 3.05) is 5.32 Å². The molecule has 1 atom stereocenters. The lowest BCUT2D eigenvalue weighted by molar-refractivity contribution is 0.235. The van der Waals surface area contributed by atoms with Crippen LogP contribution < -0.4 is 16.4 Å². The highest BCUT2D eigenvalue weighted by atomic mass is 16.2. The Balaban J connectivity index is 0.000000509. The maximum atomic E-state index is 11.2. The number of amides is 1.